The Bertz CT molecular complexity index is 946. The van der Waals surface area contributed by atoms with Gasteiger partial charge in [-0.2, -0.15) is 0 Å². The highest BCUT2D eigenvalue weighted by Crippen LogP contribution is 2.31. The zero-order valence-corrected chi connectivity index (χ0v) is 14.0. The summed E-state index contributed by atoms with van der Waals surface area (Å²) in [5.74, 6) is 0.153. The van der Waals surface area contributed by atoms with Crippen LogP contribution in [0.1, 0.15) is 23.7 Å². The molecular weight excluding hydrogens is 296 g/mol. The molecule has 0 fully saturated rings. The molecule has 0 bridgehead atoms. The summed E-state index contributed by atoms with van der Waals surface area (Å²) < 4.78 is 0. The Hall–Kier alpha value is -2.68. The van der Waals surface area contributed by atoms with Crippen molar-refractivity contribution in [3.8, 4) is 11.1 Å². The Labute approximate surface area is 141 Å². The zero-order valence-electron chi connectivity index (χ0n) is 14.0. The van der Waals surface area contributed by atoms with Crippen molar-refractivity contribution in [1.82, 2.24) is 9.88 Å². The predicted octanol–water partition coefficient (Wildman–Crippen LogP) is 4.11. The highest BCUT2D eigenvalue weighted by atomic mass is 16.2. The van der Waals surface area contributed by atoms with Crippen molar-refractivity contribution in [2.45, 2.75) is 26.8 Å². The topological polar surface area (TPSA) is 33.2 Å². The fraction of sp³-hybridized carbons (Fsp3) is 0.238. The highest BCUT2D eigenvalue weighted by molar-refractivity contribution is 5.94. The molecule has 2 aromatic carbocycles. The van der Waals surface area contributed by atoms with Gasteiger partial charge in [-0.25, -0.2) is 0 Å². The number of benzene rings is 2. The molecule has 0 saturated heterocycles. The van der Waals surface area contributed by atoms with E-state index < -0.39 is 0 Å². The molecule has 2 heterocycles. The Balaban J connectivity index is 1.81. The van der Waals surface area contributed by atoms with E-state index in [1.165, 1.54) is 27.6 Å². The van der Waals surface area contributed by atoms with E-state index in [-0.39, 0.29) is 5.91 Å². The van der Waals surface area contributed by atoms with Crippen LogP contribution in [0.5, 0.6) is 0 Å². The number of carbonyl (C=O) groups is 1. The second-order valence-electron chi connectivity index (χ2n) is 6.50. The van der Waals surface area contributed by atoms with E-state index >= 15 is 0 Å². The van der Waals surface area contributed by atoms with Crippen LogP contribution in [0.15, 0.2) is 48.5 Å². The lowest BCUT2D eigenvalue weighted by atomic mass is 9.93. The van der Waals surface area contributed by atoms with Crippen LogP contribution in [0.25, 0.3) is 22.0 Å². The predicted molar refractivity (Wildman–Crippen MR) is 96.7 cm³/mol. The molecule has 0 spiro atoms. The summed E-state index contributed by atoms with van der Waals surface area (Å²) >= 11 is 0. The first kappa shape index (κ1) is 14.9. The number of carbonyl (C=O) groups excluding carboxylic acids is 1. The molecule has 1 aliphatic heterocycles. The molecule has 1 amide bonds. The number of aryl methyl sites for hydroxylation is 1. The van der Waals surface area contributed by atoms with E-state index in [2.05, 4.69) is 47.4 Å². The van der Waals surface area contributed by atoms with Gasteiger partial charge < -0.3 is 4.90 Å². The molecule has 1 aromatic heterocycles. The Morgan fingerprint density at radius 1 is 1.08 bits per heavy atom. The average Bonchev–Trinajstić information content (AvgIpc) is 2.60. The number of hydrogen-bond donors (Lipinski definition) is 0. The largest absolute Gasteiger partial charge is 0.338 e. The van der Waals surface area contributed by atoms with Crippen LogP contribution in [0.2, 0.25) is 0 Å². The van der Waals surface area contributed by atoms with Crippen molar-refractivity contribution >= 4 is 16.8 Å². The molecule has 0 atom stereocenters. The number of pyridine rings is 1. The summed E-state index contributed by atoms with van der Waals surface area (Å²) in [7, 11) is 0. The van der Waals surface area contributed by atoms with Gasteiger partial charge in [0.05, 0.1) is 5.52 Å². The van der Waals surface area contributed by atoms with Crippen LogP contribution >= 0.6 is 0 Å². The minimum absolute atomic E-state index is 0.153. The van der Waals surface area contributed by atoms with Gasteiger partial charge in [0.25, 0.3) is 0 Å². The standard InChI is InChI=1S/C21H20N2O/c1-14-11-20(19-5-3-4-6-21(19)22-14)17-7-8-18-13-23(15(2)24)10-9-16(18)12-17/h3-8,11-12H,9-10,13H2,1-2H3. The van der Waals surface area contributed by atoms with Crippen molar-refractivity contribution in [3.05, 3.63) is 65.4 Å². The molecule has 0 N–H and O–H groups in total. The fourth-order valence-corrected chi connectivity index (χ4v) is 3.54. The smallest absolute Gasteiger partial charge is 0.219 e. The number of para-hydroxylation sites is 1. The first-order valence-electron chi connectivity index (χ1n) is 8.36. The molecule has 0 aliphatic carbocycles. The van der Waals surface area contributed by atoms with Gasteiger partial charge in [-0.1, -0.05) is 36.4 Å². The van der Waals surface area contributed by atoms with Gasteiger partial charge in [0.15, 0.2) is 0 Å². The third kappa shape index (κ3) is 2.56. The number of fused-ring (bicyclic) bond motifs is 2. The van der Waals surface area contributed by atoms with Crippen molar-refractivity contribution in [2.24, 2.45) is 0 Å². The van der Waals surface area contributed by atoms with E-state index in [0.717, 1.165) is 30.7 Å². The molecule has 3 heteroatoms. The van der Waals surface area contributed by atoms with Gasteiger partial charge in [-0.05, 0) is 47.7 Å². The van der Waals surface area contributed by atoms with E-state index in [1.807, 2.05) is 17.9 Å². The Kier molecular flexibility index (Phi) is 3.57. The SMILES string of the molecule is CC(=O)N1CCc2cc(-c3cc(C)nc4ccccc34)ccc2C1. The van der Waals surface area contributed by atoms with E-state index in [4.69, 9.17) is 0 Å². The lowest BCUT2D eigenvalue weighted by Crippen LogP contribution is -2.34. The molecule has 120 valence electrons. The maximum absolute atomic E-state index is 11.6. The van der Waals surface area contributed by atoms with Crippen molar-refractivity contribution < 1.29 is 4.79 Å². The van der Waals surface area contributed by atoms with Crippen LogP contribution in [0.3, 0.4) is 0 Å². The van der Waals surface area contributed by atoms with Gasteiger partial charge in [0, 0.05) is 31.1 Å². The fourth-order valence-electron chi connectivity index (χ4n) is 3.54. The number of amides is 1. The van der Waals surface area contributed by atoms with Crippen LogP contribution < -0.4 is 0 Å². The second kappa shape index (κ2) is 5.75. The zero-order chi connectivity index (χ0) is 16.7. The number of hydrogen-bond acceptors (Lipinski definition) is 2. The average molecular weight is 316 g/mol. The molecule has 3 aromatic rings. The molecule has 0 radical (unpaired) electrons. The quantitative estimate of drug-likeness (QED) is 0.677. The van der Waals surface area contributed by atoms with E-state index in [1.54, 1.807) is 6.92 Å². The Morgan fingerprint density at radius 2 is 1.92 bits per heavy atom. The third-order valence-electron chi connectivity index (χ3n) is 4.82. The summed E-state index contributed by atoms with van der Waals surface area (Å²) in [6.45, 7) is 5.22. The van der Waals surface area contributed by atoms with Gasteiger partial charge in [-0.15, -0.1) is 0 Å². The monoisotopic (exact) mass is 316 g/mol. The number of nitrogens with zero attached hydrogens (tertiary/aromatic N) is 2. The maximum atomic E-state index is 11.6. The van der Waals surface area contributed by atoms with Crippen LogP contribution in [0, 0.1) is 6.92 Å². The van der Waals surface area contributed by atoms with Crippen molar-refractivity contribution in [1.29, 1.82) is 0 Å². The lowest BCUT2D eigenvalue weighted by Gasteiger charge is -2.28. The van der Waals surface area contributed by atoms with Gasteiger partial charge >= 0.3 is 0 Å². The summed E-state index contributed by atoms with van der Waals surface area (Å²) in [5.41, 5.74) is 7.14. The normalized spacial score (nSPS) is 13.8. The number of rotatable bonds is 1. The minimum Gasteiger partial charge on any atom is -0.338 e. The summed E-state index contributed by atoms with van der Waals surface area (Å²) in [5, 5.41) is 1.18. The highest BCUT2D eigenvalue weighted by Gasteiger charge is 2.18. The molecule has 3 nitrogen and oxygen atoms in total. The molecule has 0 unspecified atom stereocenters. The maximum Gasteiger partial charge on any atom is 0.219 e. The van der Waals surface area contributed by atoms with Crippen LogP contribution in [0.4, 0.5) is 0 Å². The summed E-state index contributed by atoms with van der Waals surface area (Å²) in [4.78, 5) is 18.1. The minimum atomic E-state index is 0.153. The van der Waals surface area contributed by atoms with Crippen molar-refractivity contribution in [2.75, 3.05) is 6.54 Å². The molecule has 4 rings (SSSR count). The summed E-state index contributed by atoms with van der Waals surface area (Å²) in [6.07, 6.45) is 0.921. The second-order valence-corrected chi connectivity index (χ2v) is 6.50. The van der Waals surface area contributed by atoms with Crippen LogP contribution in [-0.4, -0.2) is 22.3 Å². The van der Waals surface area contributed by atoms with Gasteiger partial charge in [0.2, 0.25) is 5.91 Å². The molecule has 24 heavy (non-hydrogen) atoms. The lowest BCUT2D eigenvalue weighted by molar-refractivity contribution is -0.129. The molecular formula is C21H20N2O. The molecule has 1 aliphatic rings. The van der Waals surface area contributed by atoms with Gasteiger partial charge in [0.1, 0.15) is 0 Å². The first-order chi connectivity index (χ1) is 11.6. The van der Waals surface area contributed by atoms with Crippen LogP contribution in [-0.2, 0) is 17.8 Å². The van der Waals surface area contributed by atoms with Crippen molar-refractivity contribution in [3.63, 3.8) is 0 Å². The van der Waals surface area contributed by atoms with Gasteiger partial charge in [-0.3, -0.25) is 9.78 Å². The summed E-state index contributed by atoms with van der Waals surface area (Å²) in [6, 6.07) is 17.1. The van der Waals surface area contributed by atoms with E-state index in [9.17, 15) is 4.79 Å². The molecule has 0 saturated carbocycles. The first-order valence-corrected chi connectivity index (χ1v) is 8.36. The van der Waals surface area contributed by atoms with E-state index in [0.29, 0.717) is 0 Å². The number of aromatic nitrogens is 1. The third-order valence-corrected chi connectivity index (χ3v) is 4.82. The Morgan fingerprint density at radius 3 is 2.75 bits per heavy atom.